The molecule has 0 aliphatic heterocycles. The topological polar surface area (TPSA) is 59.2 Å². The molecule has 0 saturated carbocycles. The summed E-state index contributed by atoms with van der Waals surface area (Å²) in [5, 5.41) is 14.0. The molecule has 0 radical (unpaired) electrons. The van der Waals surface area contributed by atoms with Crippen LogP contribution in [-0.2, 0) is 6.42 Å². The van der Waals surface area contributed by atoms with Gasteiger partial charge in [-0.3, -0.25) is 0 Å². The summed E-state index contributed by atoms with van der Waals surface area (Å²) in [5.74, 6) is 0.235. The summed E-state index contributed by atoms with van der Waals surface area (Å²) in [6, 6.07) is 15.3. The van der Waals surface area contributed by atoms with Gasteiger partial charge in [-0.1, -0.05) is 47.6 Å². The zero-order valence-corrected chi connectivity index (χ0v) is 11.1. The van der Waals surface area contributed by atoms with Crippen molar-refractivity contribution in [2.75, 3.05) is 0 Å². The van der Waals surface area contributed by atoms with Gasteiger partial charge in [-0.05, 0) is 23.3 Å². The number of nitrogens with zero attached hydrogens (tertiary/aromatic N) is 2. The zero-order valence-electron chi connectivity index (χ0n) is 11.1. The van der Waals surface area contributed by atoms with E-state index in [2.05, 4.69) is 10.1 Å². The SMILES string of the molecule is OC(c1ccccc1)c1nc(Cc2cccc(F)c2)no1. The molecule has 1 heterocycles. The number of halogens is 1. The first-order valence-corrected chi connectivity index (χ1v) is 6.52. The summed E-state index contributed by atoms with van der Waals surface area (Å²) in [5.41, 5.74) is 1.43. The largest absolute Gasteiger partial charge is 0.378 e. The quantitative estimate of drug-likeness (QED) is 0.800. The summed E-state index contributed by atoms with van der Waals surface area (Å²) in [6.45, 7) is 0. The van der Waals surface area contributed by atoms with Gasteiger partial charge < -0.3 is 9.63 Å². The Morgan fingerprint density at radius 1 is 1.10 bits per heavy atom. The second-order valence-electron chi connectivity index (χ2n) is 4.67. The first-order valence-electron chi connectivity index (χ1n) is 6.52. The number of hydrogen-bond donors (Lipinski definition) is 1. The van der Waals surface area contributed by atoms with Gasteiger partial charge in [0, 0.05) is 6.42 Å². The van der Waals surface area contributed by atoms with Crippen molar-refractivity contribution in [2.45, 2.75) is 12.5 Å². The predicted molar refractivity (Wildman–Crippen MR) is 74.0 cm³/mol. The van der Waals surface area contributed by atoms with Crippen LogP contribution < -0.4 is 0 Å². The van der Waals surface area contributed by atoms with Gasteiger partial charge in [0.05, 0.1) is 0 Å². The minimum Gasteiger partial charge on any atom is -0.378 e. The maximum absolute atomic E-state index is 13.1. The zero-order chi connectivity index (χ0) is 14.7. The molecule has 3 rings (SSSR count). The lowest BCUT2D eigenvalue weighted by Gasteiger charge is -2.04. The molecule has 106 valence electrons. The van der Waals surface area contributed by atoms with E-state index < -0.39 is 6.10 Å². The van der Waals surface area contributed by atoms with Crippen molar-refractivity contribution >= 4 is 0 Å². The third kappa shape index (κ3) is 3.14. The number of hydrogen-bond acceptors (Lipinski definition) is 4. The molecule has 1 N–H and O–H groups in total. The van der Waals surface area contributed by atoms with Gasteiger partial charge in [-0.25, -0.2) is 4.39 Å². The van der Waals surface area contributed by atoms with E-state index in [4.69, 9.17) is 4.52 Å². The highest BCUT2D eigenvalue weighted by Crippen LogP contribution is 2.20. The van der Waals surface area contributed by atoms with Crippen molar-refractivity contribution in [3.05, 3.63) is 83.3 Å². The molecule has 1 atom stereocenters. The summed E-state index contributed by atoms with van der Waals surface area (Å²) in [6.07, 6.45) is -0.608. The van der Waals surface area contributed by atoms with E-state index in [1.807, 2.05) is 18.2 Å². The molecule has 1 aromatic heterocycles. The van der Waals surface area contributed by atoms with Crippen molar-refractivity contribution in [1.29, 1.82) is 0 Å². The van der Waals surface area contributed by atoms with E-state index in [1.54, 1.807) is 24.3 Å². The molecule has 3 aromatic rings. The van der Waals surface area contributed by atoms with Crippen LogP contribution in [0.1, 0.15) is 28.9 Å². The molecule has 4 nitrogen and oxygen atoms in total. The first kappa shape index (κ1) is 13.5. The summed E-state index contributed by atoms with van der Waals surface area (Å²) >= 11 is 0. The third-order valence-electron chi connectivity index (χ3n) is 3.08. The van der Waals surface area contributed by atoms with Gasteiger partial charge in [0.2, 0.25) is 0 Å². The summed E-state index contributed by atoms with van der Waals surface area (Å²) in [7, 11) is 0. The van der Waals surface area contributed by atoms with Crippen molar-refractivity contribution < 1.29 is 14.0 Å². The highest BCUT2D eigenvalue weighted by atomic mass is 19.1. The van der Waals surface area contributed by atoms with Gasteiger partial charge in [0.1, 0.15) is 5.82 Å². The van der Waals surface area contributed by atoms with Crippen LogP contribution in [0.2, 0.25) is 0 Å². The minimum atomic E-state index is -0.958. The molecule has 2 aromatic carbocycles. The third-order valence-corrected chi connectivity index (χ3v) is 3.08. The van der Waals surface area contributed by atoms with Crippen molar-refractivity contribution in [3.63, 3.8) is 0 Å². The highest BCUT2D eigenvalue weighted by molar-refractivity contribution is 5.23. The molecule has 0 spiro atoms. The van der Waals surface area contributed by atoms with E-state index in [0.29, 0.717) is 17.8 Å². The van der Waals surface area contributed by atoms with Gasteiger partial charge >= 0.3 is 0 Å². The van der Waals surface area contributed by atoms with Crippen LogP contribution in [0.25, 0.3) is 0 Å². The summed E-state index contributed by atoms with van der Waals surface area (Å²) in [4.78, 5) is 4.16. The smallest absolute Gasteiger partial charge is 0.260 e. The molecule has 21 heavy (non-hydrogen) atoms. The first-order chi connectivity index (χ1) is 10.2. The normalized spacial score (nSPS) is 12.3. The monoisotopic (exact) mass is 284 g/mol. The van der Waals surface area contributed by atoms with Crippen LogP contribution in [-0.4, -0.2) is 15.2 Å². The molecule has 0 aliphatic carbocycles. The average Bonchev–Trinajstić information content (AvgIpc) is 2.96. The van der Waals surface area contributed by atoms with E-state index in [9.17, 15) is 9.50 Å². The standard InChI is InChI=1S/C16H13FN2O2/c17-13-8-4-5-11(9-13)10-14-18-16(21-19-14)15(20)12-6-2-1-3-7-12/h1-9,15,20H,10H2. The number of benzene rings is 2. The Balaban J connectivity index is 1.77. The predicted octanol–water partition coefficient (Wildman–Crippen LogP) is 2.88. The average molecular weight is 284 g/mol. The number of aromatic nitrogens is 2. The van der Waals surface area contributed by atoms with Gasteiger partial charge in [0.15, 0.2) is 11.9 Å². The fraction of sp³-hybridized carbons (Fsp3) is 0.125. The molecule has 5 heteroatoms. The highest BCUT2D eigenvalue weighted by Gasteiger charge is 2.18. The lowest BCUT2D eigenvalue weighted by molar-refractivity contribution is 0.170. The Morgan fingerprint density at radius 3 is 2.67 bits per heavy atom. The Hall–Kier alpha value is -2.53. The van der Waals surface area contributed by atoms with Crippen molar-refractivity contribution in [1.82, 2.24) is 10.1 Å². The number of aliphatic hydroxyl groups is 1. The van der Waals surface area contributed by atoms with E-state index in [-0.39, 0.29) is 11.7 Å². The maximum atomic E-state index is 13.1. The fourth-order valence-corrected chi connectivity index (χ4v) is 2.06. The molecule has 0 bridgehead atoms. The fourth-order valence-electron chi connectivity index (χ4n) is 2.06. The van der Waals surface area contributed by atoms with Crippen LogP contribution in [0, 0.1) is 5.82 Å². The lowest BCUT2D eigenvalue weighted by Crippen LogP contribution is -2.00. The molecule has 0 fully saturated rings. The lowest BCUT2D eigenvalue weighted by atomic mass is 10.1. The minimum absolute atomic E-state index is 0.132. The van der Waals surface area contributed by atoms with Crippen LogP contribution in [0.5, 0.6) is 0 Å². The van der Waals surface area contributed by atoms with Crippen LogP contribution in [0.15, 0.2) is 59.1 Å². The Bertz CT molecular complexity index is 728. The van der Waals surface area contributed by atoms with E-state index >= 15 is 0 Å². The van der Waals surface area contributed by atoms with Gasteiger partial charge in [-0.15, -0.1) is 0 Å². The molecule has 0 saturated heterocycles. The second kappa shape index (κ2) is 5.85. The Labute approximate surface area is 120 Å². The van der Waals surface area contributed by atoms with Gasteiger partial charge in [-0.2, -0.15) is 4.98 Å². The number of aliphatic hydroxyl groups excluding tert-OH is 1. The second-order valence-corrected chi connectivity index (χ2v) is 4.67. The van der Waals surface area contributed by atoms with Crippen molar-refractivity contribution in [3.8, 4) is 0 Å². The molecule has 1 unspecified atom stereocenters. The molecule has 0 amide bonds. The number of rotatable bonds is 4. The van der Waals surface area contributed by atoms with Crippen LogP contribution in [0.4, 0.5) is 4.39 Å². The molecule has 0 aliphatic rings. The maximum Gasteiger partial charge on any atom is 0.260 e. The van der Waals surface area contributed by atoms with Crippen LogP contribution in [0.3, 0.4) is 0 Å². The van der Waals surface area contributed by atoms with Gasteiger partial charge in [0.25, 0.3) is 5.89 Å². The van der Waals surface area contributed by atoms with Crippen molar-refractivity contribution in [2.24, 2.45) is 0 Å². The van der Waals surface area contributed by atoms with Crippen LogP contribution >= 0.6 is 0 Å². The Kier molecular flexibility index (Phi) is 3.75. The summed E-state index contributed by atoms with van der Waals surface area (Å²) < 4.78 is 18.2. The molecular formula is C16H13FN2O2. The Morgan fingerprint density at radius 2 is 1.90 bits per heavy atom. The van der Waals surface area contributed by atoms with E-state index in [0.717, 1.165) is 5.56 Å². The van der Waals surface area contributed by atoms with E-state index in [1.165, 1.54) is 12.1 Å². The molecular weight excluding hydrogens is 271 g/mol.